The molecule has 8 aromatic rings. The van der Waals surface area contributed by atoms with E-state index in [1.54, 1.807) is 14.2 Å². The SMILES string of the molecule is CCCC(Oc1ccc(-c2cccc(-c3cc(C(C)(C)C)c(OC)c(C(C)(C)C)c3)c2O)cc1Cc1ccccc1)Oc1ccc(-c2cccc(-c3cc(C(C)(C)C)c(OC)c(C(C)(C)C)c3)c2O)cc1Cc1ccccc1. The number of benzene rings is 8. The highest BCUT2D eigenvalue weighted by molar-refractivity contribution is 5.85. The maximum absolute atomic E-state index is 12.3. The predicted octanol–water partition coefficient (Wildman–Crippen LogP) is 18.7. The summed E-state index contributed by atoms with van der Waals surface area (Å²) in [5.74, 6) is 3.63. The van der Waals surface area contributed by atoms with Crippen LogP contribution < -0.4 is 18.9 Å². The minimum atomic E-state index is -0.627. The molecule has 8 rings (SSSR count). The maximum atomic E-state index is 12.3. The Morgan fingerprint density at radius 3 is 1.00 bits per heavy atom. The van der Waals surface area contributed by atoms with E-state index in [4.69, 9.17) is 18.9 Å². The smallest absolute Gasteiger partial charge is 0.241 e. The van der Waals surface area contributed by atoms with Gasteiger partial charge >= 0.3 is 0 Å². The summed E-state index contributed by atoms with van der Waals surface area (Å²) in [4.78, 5) is 0. The van der Waals surface area contributed by atoms with Gasteiger partial charge in [0.05, 0.1) is 14.2 Å². The van der Waals surface area contributed by atoms with Crippen molar-refractivity contribution >= 4 is 0 Å². The van der Waals surface area contributed by atoms with E-state index in [1.165, 1.54) is 0 Å². The molecule has 0 saturated heterocycles. The van der Waals surface area contributed by atoms with Crippen molar-refractivity contribution < 1.29 is 29.2 Å². The van der Waals surface area contributed by atoms with E-state index >= 15 is 0 Å². The summed E-state index contributed by atoms with van der Waals surface area (Å²) in [5.41, 5.74) is 14.4. The van der Waals surface area contributed by atoms with Gasteiger partial charge in [-0.3, -0.25) is 0 Å². The lowest BCUT2D eigenvalue weighted by Crippen LogP contribution is -2.25. The first-order valence-electron chi connectivity index (χ1n) is 27.7. The molecule has 0 atom stereocenters. The summed E-state index contributed by atoms with van der Waals surface area (Å²) in [6.07, 6.45) is 2.04. The maximum Gasteiger partial charge on any atom is 0.241 e. The number of phenols is 2. The molecule has 0 aromatic heterocycles. The lowest BCUT2D eigenvalue weighted by atomic mass is 9.77. The van der Waals surface area contributed by atoms with Gasteiger partial charge < -0.3 is 29.2 Å². The van der Waals surface area contributed by atoms with Crippen molar-refractivity contribution in [1.29, 1.82) is 0 Å². The third-order valence-corrected chi connectivity index (χ3v) is 14.8. The van der Waals surface area contributed by atoms with Gasteiger partial charge in [-0.15, -0.1) is 0 Å². The van der Waals surface area contributed by atoms with E-state index in [2.05, 4.69) is 175 Å². The fraction of sp³-hybridized carbons (Fsp3) is 0.333. The molecule has 0 aliphatic heterocycles. The van der Waals surface area contributed by atoms with Gasteiger partial charge in [-0.25, -0.2) is 0 Å². The first-order chi connectivity index (χ1) is 36.9. The van der Waals surface area contributed by atoms with E-state index in [0.717, 1.165) is 107 Å². The Morgan fingerprint density at radius 2 is 0.705 bits per heavy atom. The van der Waals surface area contributed by atoms with Gasteiger partial charge in [-0.05, 0) is 121 Å². The van der Waals surface area contributed by atoms with Crippen molar-refractivity contribution in [3.63, 3.8) is 0 Å². The Morgan fingerprint density at radius 1 is 0.385 bits per heavy atom. The zero-order valence-corrected chi connectivity index (χ0v) is 48.9. The van der Waals surface area contributed by atoms with Crippen molar-refractivity contribution in [2.45, 2.75) is 144 Å². The molecule has 0 saturated carbocycles. The molecule has 0 spiro atoms. The van der Waals surface area contributed by atoms with Gasteiger partial charge in [-0.2, -0.15) is 0 Å². The van der Waals surface area contributed by atoms with Gasteiger partial charge in [-0.1, -0.05) is 199 Å². The fourth-order valence-electron chi connectivity index (χ4n) is 10.5. The summed E-state index contributed by atoms with van der Waals surface area (Å²) in [6, 6.07) is 54.0. The van der Waals surface area contributed by atoms with E-state index < -0.39 is 6.29 Å². The van der Waals surface area contributed by atoms with Crippen LogP contribution in [0.1, 0.15) is 147 Å². The van der Waals surface area contributed by atoms with Gasteiger partial charge in [0.2, 0.25) is 6.29 Å². The lowest BCUT2D eigenvalue weighted by Gasteiger charge is -2.30. The molecule has 2 N–H and O–H groups in total. The van der Waals surface area contributed by atoms with Crippen LogP contribution in [0.5, 0.6) is 34.5 Å². The van der Waals surface area contributed by atoms with Crippen LogP contribution in [0.3, 0.4) is 0 Å². The molecule has 0 unspecified atom stereocenters. The molecule has 0 fully saturated rings. The zero-order valence-electron chi connectivity index (χ0n) is 48.9. The van der Waals surface area contributed by atoms with E-state index in [1.807, 2.05) is 72.8 Å². The van der Waals surface area contributed by atoms with Crippen LogP contribution in [0.15, 0.2) is 158 Å². The van der Waals surface area contributed by atoms with E-state index in [9.17, 15) is 10.2 Å². The molecule has 0 bridgehead atoms. The second-order valence-corrected chi connectivity index (χ2v) is 25.0. The number of para-hydroxylation sites is 2. The average molecular weight is 1040 g/mol. The third-order valence-electron chi connectivity index (χ3n) is 14.8. The molecule has 6 nitrogen and oxygen atoms in total. The number of phenolic OH excluding ortho intramolecular Hbond substituents is 2. The van der Waals surface area contributed by atoms with Crippen LogP contribution in [0.4, 0.5) is 0 Å². The Bertz CT molecular complexity index is 3080. The molecular weight excluding hydrogens is 961 g/mol. The summed E-state index contributed by atoms with van der Waals surface area (Å²) in [6.45, 7) is 28.5. The molecule has 0 aliphatic rings. The van der Waals surface area contributed by atoms with Gasteiger partial charge in [0.25, 0.3) is 0 Å². The van der Waals surface area contributed by atoms with E-state index in [0.29, 0.717) is 30.8 Å². The summed E-state index contributed by atoms with van der Waals surface area (Å²) >= 11 is 0. The number of methoxy groups -OCH3 is 2. The molecule has 8 aromatic carbocycles. The summed E-state index contributed by atoms with van der Waals surface area (Å²) in [5, 5.41) is 24.7. The van der Waals surface area contributed by atoms with E-state index in [-0.39, 0.29) is 33.2 Å². The highest BCUT2D eigenvalue weighted by Crippen LogP contribution is 2.48. The average Bonchev–Trinajstić information content (AvgIpc) is 3.53. The first-order valence-corrected chi connectivity index (χ1v) is 27.7. The molecular formula is C72H82O6. The van der Waals surface area contributed by atoms with Crippen LogP contribution in [0.25, 0.3) is 44.5 Å². The van der Waals surface area contributed by atoms with Gasteiger partial charge in [0.1, 0.15) is 34.5 Å². The van der Waals surface area contributed by atoms with Crippen LogP contribution >= 0.6 is 0 Å². The van der Waals surface area contributed by atoms with Crippen molar-refractivity contribution in [2.75, 3.05) is 14.2 Å². The fourth-order valence-corrected chi connectivity index (χ4v) is 10.5. The number of aromatic hydroxyl groups is 2. The minimum absolute atomic E-state index is 0.201. The molecule has 0 aliphatic carbocycles. The van der Waals surface area contributed by atoms with Crippen molar-refractivity contribution in [3.8, 4) is 79.0 Å². The molecule has 78 heavy (non-hydrogen) atoms. The first kappa shape index (κ1) is 56.8. The second kappa shape index (κ2) is 22.9. The largest absolute Gasteiger partial charge is 0.507 e. The summed E-state index contributed by atoms with van der Waals surface area (Å²) in [7, 11) is 3.49. The lowest BCUT2D eigenvalue weighted by molar-refractivity contribution is -0.00226. The monoisotopic (exact) mass is 1040 g/mol. The van der Waals surface area contributed by atoms with Gasteiger partial charge in [0, 0.05) is 63.8 Å². The molecule has 0 heterocycles. The Kier molecular flexibility index (Phi) is 16.6. The van der Waals surface area contributed by atoms with Gasteiger partial charge in [0.15, 0.2) is 0 Å². The summed E-state index contributed by atoms with van der Waals surface area (Å²) < 4.78 is 26.2. The quantitative estimate of drug-likeness (QED) is 0.0939. The molecule has 6 heteroatoms. The number of ether oxygens (including phenoxy) is 4. The Balaban J connectivity index is 1.18. The molecule has 0 amide bonds. The molecule has 406 valence electrons. The number of rotatable bonds is 16. The Hall–Kier alpha value is -7.44. The zero-order chi connectivity index (χ0) is 56.3. The second-order valence-electron chi connectivity index (χ2n) is 25.0. The minimum Gasteiger partial charge on any atom is -0.507 e. The number of hydrogen-bond acceptors (Lipinski definition) is 6. The van der Waals surface area contributed by atoms with Crippen LogP contribution in [-0.4, -0.2) is 30.7 Å². The van der Waals surface area contributed by atoms with Crippen LogP contribution in [0.2, 0.25) is 0 Å². The van der Waals surface area contributed by atoms with Crippen molar-refractivity contribution in [3.05, 3.63) is 202 Å². The third kappa shape index (κ3) is 12.6. The number of hydrogen-bond donors (Lipinski definition) is 2. The molecule has 0 radical (unpaired) electrons. The topological polar surface area (TPSA) is 77.4 Å². The highest BCUT2D eigenvalue weighted by atomic mass is 16.7. The highest BCUT2D eigenvalue weighted by Gasteiger charge is 2.31. The van der Waals surface area contributed by atoms with Crippen LogP contribution in [-0.2, 0) is 34.5 Å². The Labute approximate surface area is 466 Å². The van der Waals surface area contributed by atoms with Crippen molar-refractivity contribution in [2.24, 2.45) is 0 Å². The van der Waals surface area contributed by atoms with Crippen molar-refractivity contribution in [1.82, 2.24) is 0 Å². The standard InChI is InChI=1S/C72H82O6/c1-16-25-64(77-62-36-34-48(40-52(62)38-46-26-19-17-20-27-46)54-30-23-32-56(65(54)73)50-42-58(69(2,3)4)67(75-14)59(43-50)70(5,6)7)78-63-37-35-49(41-53(63)39-47-28-21-18-22-29-47)55-31-24-33-57(66(55)74)51-44-60(71(8,9)10)68(76-15)61(45-51)72(11,12)13/h17-24,26-37,40-45,64,73-74H,16,25,38-39H2,1-15H3. The normalized spacial score (nSPS) is 12.2. The van der Waals surface area contributed by atoms with Crippen LogP contribution in [0, 0.1) is 0 Å². The predicted molar refractivity (Wildman–Crippen MR) is 324 cm³/mol.